The lowest BCUT2D eigenvalue weighted by molar-refractivity contribution is 1.02. The van der Waals surface area contributed by atoms with Crippen LogP contribution in [0.2, 0.25) is 0 Å². The third-order valence-corrected chi connectivity index (χ3v) is 5.66. The van der Waals surface area contributed by atoms with Crippen LogP contribution in [-0.2, 0) is 12.2 Å². The lowest BCUT2D eigenvalue weighted by atomic mass is 10.1. The van der Waals surface area contributed by atoms with Crippen molar-refractivity contribution in [2.75, 3.05) is 0 Å². The molecule has 0 aliphatic heterocycles. The lowest BCUT2D eigenvalue weighted by Gasteiger charge is -2.14. The minimum atomic E-state index is -0.484. The Morgan fingerprint density at radius 1 is 1.20 bits per heavy atom. The first kappa shape index (κ1) is 11.3. The zero-order valence-electron chi connectivity index (χ0n) is 8.68. The maximum atomic E-state index is 5.30. The molecule has 2 aromatic heterocycles. The molecule has 0 spiro atoms. The van der Waals surface area contributed by atoms with E-state index in [1.165, 1.54) is 11.4 Å². The van der Waals surface area contributed by atoms with Gasteiger partial charge in [-0.25, -0.2) is 0 Å². The Balaban J connectivity index is 2.46. The molecule has 0 amide bonds. The molecular formula is C8H10BN2S4. The fraction of sp³-hybridized carbons (Fsp3) is 0.250. The third kappa shape index (κ3) is 2.15. The van der Waals surface area contributed by atoms with Gasteiger partial charge in [-0.05, 0) is 19.5 Å². The second-order valence-electron chi connectivity index (χ2n) is 3.60. The predicted molar refractivity (Wildman–Crippen MR) is 74.9 cm³/mol. The van der Waals surface area contributed by atoms with E-state index in [1.807, 2.05) is 0 Å². The Morgan fingerprint density at radius 2 is 1.80 bits per heavy atom. The van der Waals surface area contributed by atoms with Crippen molar-refractivity contribution in [3.63, 3.8) is 0 Å². The summed E-state index contributed by atoms with van der Waals surface area (Å²) in [6, 6.07) is 0. The lowest BCUT2D eigenvalue weighted by Crippen LogP contribution is -2.19. The Hall–Kier alpha value is -0.235. The molecule has 2 heterocycles. The van der Waals surface area contributed by atoms with Crippen molar-refractivity contribution in [3.05, 3.63) is 30.1 Å². The molecule has 0 N–H and O–H groups in total. The topological polar surface area (TPSA) is 9.86 Å². The van der Waals surface area contributed by atoms with E-state index in [4.69, 9.17) is 24.4 Å². The Labute approximate surface area is 107 Å². The molecule has 15 heavy (non-hydrogen) atoms. The van der Waals surface area contributed by atoms with Crippen LogP contribution in [0.15, 0.2) is 10.8 Å². The van der Waals surface area contributed by atoms with Crippen molar-refractivity contribution in [3.8, 4) is 0 Å². The molecule has 0 saturated carbocycles. The normalized spacial score (nSPS) is 10.8. The molecule has 2 aromatic rings. The van der Waals surface area contributed by atoms with Crippen molar-refractivity contribution in [2.45, 2.75) is 13.8 Å². The van der Waals surface area contributed by atoms with Crippen LogP contribution in [0, 0.1) is 21.8 Å². The highest BCUT2D eigenvalue weighted by atomic mass is 32.2. The highest BCUT2D eigenvalue weighted by Gasteiger charge is 2.04. The average Bonchev–Trinajstić information content (AvgIpc) is 2.67. The van der Waals surface area contributed by atoms with E-state index in [0.29, 0.717) is 0 Å². The van der Waals surface area contributed by atoms with E-state index < -0.39 is 7.55 Å². The van der Waals surface area contributed by atoms with E-state index in [2.05, 4.69) is 33.6 Å². The van der Waals surface area contributed by atoms with Crippen LogP contribution < -0.4 is 0 Å². The molecule has 0 aliphatic carbocycles. The number of hydrogen-bond acceptors (Lipinski definition) is 4. The number of aromatic nitrogens is 2. The number of nitrogens with zero attached hydrogens (tertiary/aromatic N) is 2. The van der Waals surface area contributed by atoms with Crippen molar-refractivity contribution < 1.29 is 0 Å². The van der Waals surface area contributed by atoms with Gasteiger partial charge in [0.05, 0.1) is 0 Å². The van der Waals surface area contributed by atoms with Gasteiger partial charge in [-0.15, -0.1) is 11.3 Å². The van der Waals surface area contributed by atoms with Crippen LogP contribution in [0.25, 0.3) is 0 Å². The van der Waals surface area contributed by atoms with E-state index in [0.717, 1.165) is 7.91 Å². The smallest absolute Gasteiger partial charge is 0.352 e. The summed E-state index contributed by atoms with van der Waals surface area (Å²) in [5, 5.41) is 4.22. The highest BCUT2D eigenvalue weighted by Crippen LogP contribution is 2.11. The molecule has 0 atom stereocenters. The SMILES string of the molecule is Cc1csc(=S)n1[BH2-]n1c(C)csc1=[S+]. The third-order valence-electron chi connectivity index (χ3n) is 2.67. The van der Waals surface area contributed by atoms with Crippen LogP contribution in [0.1, 0.15) is 11.4 Å². The largest absolute Gasteiger partial charge is 0.489 e. The standard InChI is InChI=1S/C8H10BN2S4/c1-5-3-14-7(12)10(5)9-11-6(2)4-15-8(11)13/h3-4H,9H2,1-2H3. The predicted octanol–water partition coefficient (Wildman–Crippen LogP) is 2.23. The Bertz CT molecular complexity index is 536. The first-order chi connectivity index (χ1) is 7.09. The van der Waals surface area contributed by atoms with Gasteiger partial charge in [-0.1, -0.05) is 12.2 Å². The summed E-state index contributed by atoms with van der Waals surface area (Å²) in [6.45, 7) is 4.20. The quantitative estimate of drug-likeness (QED) is 0.472. The molecule has 0 saturated heterocycles. The van der Waals surface area contributed by atoms with Crippen LogP contribution in [0.4, 0.5) is 0 Å². The van der Waals surface area contributed by atoms with Crippen LogP contribution in [-0.4, -0.2) is 16.5 Å². The maximum absolute atomic E-state index is 5.30. The number of thiazole rings is 2. The molecule has 7 heteroatoms. The maximum Gasteiger partial charge on any atom is 0.352 e. The number of rotatable bonds is 2. The van der Waals surface area contributed by atoms with Gasteiger partial charge in [0.25, 0.3) is 12.2 Å². The van der Waals surface area contributed by atoms with Gasteiger partial charge in [0.2, 0.25) is 0 Å². The Kier molecular flexibility index (Phi) is 3.25. The average molecular weight is 273 g/mol. The van der Waals surface area contributed by atoms with Crippen molar-refractivity contribution >= 4 is 54.7 Å². The van der Waals surface area contributed by atoms with Crippen molar-refractivity contribution in [2.24, 2.45) is 0 Å². The van der Waals surface area contributed by atoms with Gasteiger partial charge in [0.15, 0.2) is 7.55 Å². The van der Waals surface area contributed by atoms with Gasteiger partial charge in [0, 0.05) is 11.1 Å². The molecule has 0 unspecified atom stereocenters. The fourth-order valence-corrected chi connectivity index (χ4v) is 3.92. The van der Waals surface area contributed by atoms with Gasteiger partial charge in [-0.2, -0.15) is 0 Å². The number of hydrogen-bond donors (Lipinski definition) is 0. The summed E-state index contributed by atoms with van der Waals surface area (Å²) >= 11 is 13.9. The van der Waals surface area contributed by atoms with Crippen molar-refractivity contribution in [1.29, 1.82) is 0 Å². The molecule has 2 nitrogen and oxygen atoms in total. The second-order valence-corrected chi connectivity index (χ2v) is 6.61. The summed E-state index contributed by atoms with van der Waals surface area (Å²) < 4.78 is 6.38. The molecule has 1 radical (unpaired) electrons. The first-order valence-electron chi connectivity index (χ1n) is 4.65. The van der Waals surface area contributed by atoms with Crippen LogP contribution in [0.5, 0.6) is 0 Å². The van der Waals surface area contributed by atoms with E-state index in [1.54, 1.807) is 22.7 Å². The van der Waals surface area contributed by atoms with Crippen LogP contribution in [0.3, 0.4) is 0 Å². The molecule has 0 aromatic carbocycles. The Morgan fingerprint density at radius 3 is 2.27 bits per heavy atom. The monoisotopic (exact) mass is 273 g/mol. The first-order valence-corrected chi connectivity index (χ1v) is 7.23. The summed E-state index contributed by atoms with van der Waals surface area (Å²) in [6.07, 6.45) is 0. The summed E-state index contributed by atoms with van der Waals surface area (Å²) in [5.74, 6) is 0. The summed E-state index contributed by atoms with van der Waals surface area (Å²) in [4.78, 5) is 0. The van der Waals surface area contributed by atoms with Gasteiger partial charge in [-0.3, -0.25) is 0 Å². The fourth-order valence-electron chi connectivity index (χ4n) is 1.55. The highest BCUT2D eigenvalue weighted by molar-refractivity contribution is 7.73. The molecule has 0 bridgehead atoms. The zero-order valence-corrected chi connectivity index (χ0v) is 11.9. The molecule has 2 rings (SSSR count). The van der Waals surface area contributed by atoms with Gasteiger partial charge in [0.1, 0.15) is 20.7 Å². The van der Waals surface area contributed by atoms with E-state index in [-0.39, 0.29) is 0 Å². The molecule has 0 fully saturated rings. The molecule has 79 valence electrons. The van der Waals surface area contributed by atoms with Crippen molar-refractivity contribution in [1.82, 2.24) is 8.96 Å². The van der Waals surface area contributed by atoms with Gasteiger partial charge >= 0.3 is 3.95 Å². The second kappa shape index (κ2) is 4.33. The van der Waals surface area contributed by atoms with E-state index >= 15 is 0 Å². The zero-order chi connectivity index (χ0) is 11.0. The van der Waals surface area contributed by atoms with Crippen LogP contribution >= 0.6 is 34.9 Å². The minimum absolute atomic E-state index is 0.484. The van der Waals surface area contributed by atoms with Gasteiger partial charge < -0.3 is 8.96 Å². The molecule has 0 aliphatic rings. The van der Waals surface area contributed by atoms with E-state index in [9.17, 15) is 0 Å². The minimum Gasteiger partial charge on any atom is -0.489 e. The molecular weight excluding hydrogens is 263 g/mol. The number of aryl methyl sites for hydroxylation is 2. The summed E-state index contributed by atoms with van der Waals surface area (Å²) in [7, 11) is -0.484. The summed E-state index contributed by atoms with van der Waals surface area (Å²) in [5.41, 5.74) is 2.50.